The molecule has 0 rings (SSSR count). The number of rotatable bonds is 22. The molecule has 33 heavy (non-hydrogen) atoms. The zero-order valence-corrected chi connectivity index (χ0v) is 19.2. The summed E-state index contributed by atoms with van der Waals surface area (Å²) in [6.07, 6.45) is 0.540. The Bertz CT molecular complexity index is 588. The molecule has 1 unspecified atom stereocenters. The van der Waals surface area contributed by atoms with Gasteiger partial charge >= 0.3 is 5.97 Å². The fourth-order valence-electron chi connectivity index (χ4n) is 2.25. The summed E-state index contributed by atoms with van der Waals surface area (Å²) in [6.45, 7) is 3.67. The van der Waals surface area contributed by atoms with E-state index in [0.29, 0.717) is 32.8 Å². The standard InChI is InChI=1S/C20H35N3O10/c1-16(25)13-32-11-9-31-8-6-22-19(27)14-33-12-10-30-7-5-21-18(26)4-3-17(23-15-24)20(28)29-2/h15,17H,3-14H2,1-2H3,(H,21,26)(H,22,27)(H,23,24). The summed E-state index contributed by atoms with van der Waals surface area (Å²) in [7, 11) is 1.20. The predicted octanol–water partition coefficient (Wildman–Crippen LogP) is -2.06. The Morgan fingerprint density at radius 2 is 1.33 bits per heavy atom. The molecule has 0 saturated heterocycles. The summed E-state index contributed by atoms with van der Waals surface area (Å²) in [5, 5.41) is 7.55. The first-order valence-electron chi connectivity index (χ1n) is 10.5. The second kappa shape index (κ2) is 21.2. The van der Waals surface area contributed by atoms with Gasteiger partial charge < -0.3 is 39.6 Å². The van der Waals surface area contributed by atoms with E-state index in [4.69, 9.17) is 18.9 Å². The van der Waals surface area contributed by atoms with Gasteiger partial charge in [-0.05, 0) is 13.3 Å². The number of carbonyl (C=O) groups is 5. The van der Waals surface area contributed by atoms with Gasteiger partial charge in [0.1, 0.15) is 19.3 Å². The summed E-state index contributed by atoms with van der Waals surface area (Å²) in [4.78, 5) is 55.9. The minimum absolute atomic E-state index is 0.0392. The van der Waals surface area contributed by atoms with E-state index in [9.17, 15) is 24.0 Å². The number of carbonyl (C=O) groups excluding carboxylic acids is 5. The van der Waals surface area contributed by atoms with Crippen molar-refractivity contribution in [3.63, 3.8) is 0 Å². The monoisotopic (exact) mass is 477 g/mol. The number of methoxy groups -OCH3 is 1. The molecule has 0 fully saturated rings. The maximum Gasteiger partial charge on any atom is 0.328 e. The molecule has 0 spiro atoms. The Balaban J connectivity index is 3.51. The zero-order valence-electron chi connectivity index (χ0n) is 19.2. The highest BCUT2D eigenvalue weighted by molar-refractivity contribution is 5.80. The number of esters is 1. The maximum atomic E-state index is 11.7. The molecule has 3 amide bonds. The Morgan fingerprint density at radius 3 is 1.88 bits per heavy atom. The first-order chi connectivity index (χ1) is 15.9. The van der Waals surface area contributed by atoms with Crippen LogP contribution in [-0.4, -0.2) is 109 Å². The lowest BCUT2D eigenvalue weighted by molar-refractivity contribution is -0.144. The Labute approximate surface area is 193 Å². The Morgan fingerprint density at radius 1 is 0.788 bits per heavy atom. The van der Waals surface area contributed by atoms with Crippen LogP contribution in [-0.2, 0) is 47.7 Å². The van der Waals surface area contributed by atoms with Gasteiger partial charge in [0.2, 0.25) is 18.2 Å². The van der Waals surface area contributed by atoms with Crippen LogP contribution in [0.25, 0.3) is 0 Å². The average molecular weight is 478 g/mol. The van der Waals surface area contributed by atoms with Crippen molar-refractivity contribution in [2.75, 3.05) is 73.1 Å². The number of amides is 3. The molecule has 190 valence electrons. The highest BCUT2D eigenvalue weighted by atomic mass is 16.5. The van der Waals surface area contributed by atoms with E-state index >= 15 is 0 Å². The van der Waals surface area contributed by atoms with Gasteiger partial charge in [-0.15, -0.1) is 0 Å². The molecule has 0 bridgehead atoms. The number of Topliss-reactive ketones (excluding diaryl/α,β-unsaturated/α-hetero) is 1. The molecule has 0 aliphatic rings. The van der Waals surface area contributed by atoms with Crippen LogP contribution in [0, 0.1) is 0 Å². The summed E-state index contributed by atoms with van der Waals surface area (Å²) >= 11 is 0. The highest BCUT2D eigenvalue weighted by Crippen LogP contribution is 1.99. The third-order valence-electron chi connectivity index (χ3n) is 3.83. The van der Waals surface area contributed by atoms with Gasteiger partial charge in [0, 0.05) is 19.5 Å². The van der Waals surface area contributed by atoms with E-state index in [0.717, 1.165) is 0 Å². The fraction of sp³-hybridized carbons (Fsp3) is 0.750. The smallest absolute Gasteiger partial charge is 0.328 e. The summed E-state index contributed by atoms with van der Waals surface area (Å²) in [5.41, 5.74) is 0. The molecule has 0 heterocycles. The normalized spacial score (nSPS) is 11.3. The lowest BCUT2D eigenvalue weighted by Gasteiger charge is -2.13. The molecule has 0 saturated carbocycles. The van der Waals surface area contributed by atoms with Crippen LogP contribution in [0.4, 0.5) is 0 Å². The Kier molecular flexibility index (Phi) is 19.6. The second-order valence-corrected chi connectivity index (χ2v) is 6.63. The van der Waals surface area contributed by atoms with Crippen LogP contribution in [0.2, 0.25) is 0 Å². The van der Waals surface area contributed by atoms with Gasteiger partial charge in [0.25, 0.3) is 0 Å². The lowest BCUT2D eigenvalue weighted by atomic mass is 10.1. The summed E-state index contributed by atoms with van der Waals surface area (Å²) < 4.78 is 25.3. The first kappa shape index (κ1) is 30.4. The number of nitrogens with one attached hydrogen (secondary N) is 3. The maximum absolute atomic E-state index is 11.7. The topological polar surface area (TPSA) is 168 Å². The predicted molar refractivity (Wildman–Crippen MR) is 114 cm³/mol. The molecular weight excluding hydrogens is 442 g/mol. The van der Waals surface area contributed by atoms with Crippen molar-refractivity contribution in [1.29, 1.82) is 0 Å². The van der Waals surface area contributed by atoms with Crippen LogP contribution >= 0.6 is 0 Å². The molecule has 3 N–H and O–H groups in total. The molecular formula is C20H35N3O10. The van der Waals surface area contributed by atoms with Gasteiger partial charge in [0.15, 0.2) is 5.78 Å². The van der Waals surface area contributed by atoms with E-state index in [1.807, 2.05) is 0 Å². The molecule has 0 aromatic rings. The largest absolute Gasteiger partial charge is 0.467 e. The van der Waals surface area contributed by atoms with Crippen LogP contribution < -0.4 is 16.0 Å². The molecule has 13 nitrogen and oxygen atoms in total. The van der Waals surface area contributed by atoms with Crippen LogP contribution in [0.1, 0.15) is 19.8 Å². The second-order valence-electron chi connectivity index (χ2n) is 6.63. The summed E-state index contributed by atoms with van der Waals surface area (Å²) in [6, 6.07) is -0.866. The van der Waals surface area contributed by atoms with E-state index in [-0.39, 0.29) is 70.0 Å². The van der Waals surface area contributed by atoms with Gasteiger partial charge in [0.05, 0.1) is 46.8 Å². The van der Waals surface area contributed by atoms with Crippen molar-refractivity contribution >= 4 is 30.0 Å². The zero-order chi connectivity index (χ0) is 24.7. The fourth-order valence-corrected chi connectivity index (χ4v) is 2.25. The third-order valence-corrected chi connectivity index (χ3v) is 3.83. The van der Waals surface area contributed by atoms with Gasteiger partial charge in [-0.25, -0.2) is 4.79 Å². The molecule has 0 aliphatic heterocycles. The third kappa shape index (κ3) is 19.8. The number of hydrogen-bond acceptors (Lipinski definition) is 10. The van der Waals surface area contributed by atoms with Gasteiger partial charge in [-0.1, -0.05) is 0 Å². The quantitative estimate of drug-likeness (QED) is 0.0896. The SMILES string of the molecule is COC(=O)C(CCC(=O)NCCOCCOCC(=O)NCCOCCOCC(C)=O)NC=O. The number of ether oxygens (including phenoxy) is 5. The molecule has 1 atom stereocenters. The van der Waals surface area contributed by atoms with Crippen molar-refractivity contribution in [2.24, 2.45) is 0 Å². The minimum atomic E-state index is -0.866. The number of hydrogen-bond donors (Lipinski definition) is 3. The van der Waals surface area contributed by atoms with E-state index in [1.54, 1.807) is 0 Å². The van der Waals surface area contributed by atoms with Crippen LogP contribution in [0.5, 0.6) is 0 Å². The van der Waals surface area contributed by atoms with E-state index < -0.39 is 12.0 Å². The number of ketones is 1. The van der Waals surface area contributed by atoms with Crippen molar-refractivity contribution in [2.45, 2.75) is 25.8 Å². The molecule has 0 aliphatic carbocycles. The average Bonchev–Trinajstić information content (AvgIpc) is 2.79. The first-order valence-corrected chi connectivity index (χ1v) is 10.5. The van der Waals surface area contributed by atoms with Crippen LogP contribution in [0.15, 0.2) is 0 Å². The minimum Gasteiger partial charge on any atom is -0.467 e. The highest BCUT2D eigenvalue weighted by Gasteiger charge is 2.19. The van der Waals surface area contributed by atoms with Gasteiger partial charge in [-0.3, -0.25) is 19.2 Å². The van der Waals surface area contributed by atoms with Crippen molar-refractivity contribution < 1.29 is 47.7 Å². The molecule has 0 radical (unpaired) electrons. The van der Waals surface area contributed by atoms with Crippen LogP contribution in [0.3, 0.4) is 0 Å². The molecule has 13 heteroatoms. The summed E-state index contributed by atoms with van der Waals surface area (Å²) in [5.74, 6) is -1.24. The lowest BCUT2D eigenvalue weighted by Crippen LogP contribution is -2.38. The van der Waals surface area contributed by atoms with Crippen molar-refractivity contribution in [3.8, 4) is 0 Å². The van der Waals surface area contributed by atoms with E-state index in [1.165, 1.54) is 14.0 Å². The van der Waals surface area contributed by atoms with Crippen molar-refractivity contribution in [1.82, 2.24) is 16.0 Å². The van der Waals surface area contributed by atoms with Crippen molar-refractivity contribution in [3.05, 3.63) is 0 Å². The molecule has 0 aromatic carbocycles. The molecule has 0 aromatic heterocycles. The Hall–Kier alpha value is -2.61. The van der Waals surface area contributed by atoms with Gasteiger partial charge in [-0.2, -0.15) is 0 Å². The van der Waals surface area contributed by atoms with E-state index in [2.05, 4.69) is 20.7 Å².